The maximum atomic E-state index is 12.3. The van der Waals surface area contributed by atoms with E-state index in [9.17, 15) is 4.79 Å². The van der Waals surface area contributed by atoms with Gasteiger partial charge in [-0.15, -0.1) is 11.3 Å². The lowest BCUT2D eigenvalue weighted by molar-refractivity contribution is -0.0848. The molecular weight excluding hydrogens is 388 g/mol. The summed E-state index contributed by atoms with van der Waals surface area (Å²) < 4.78 is 12.4. The molecule has 2 aliphatic rings. The van der Waals surface area contributed by atoms with Gasteiger partial charge in [0.1, 0.15) is 5.60 Å². The second-order valence-corrected chi connectivity index (χ2v) is 9.21. The van der Waals surface area contributed by atoms with Gasteiger partial charge < -0.3 is 14.8 Å². The number of amides is 1. The molecule has 1 spiro atoms. The van der Waals surface area contributed by atoms with Crippen LogP contribution in [0.5, 0.6) is 0 Å². The van der Waals surface area contributed by atoms with E-state index in [2.05, 4.69) is 34.0 Å². The van der Waals surface area contributed by atoms with E-state index in [1.165, 1.54) is 4.88 Å². The van der Waals surface area contributed by atoms with Crippen LogP contribution in [-0.4, -0.2) is 65.3 Å². The highest BCUT2D eigenvalue weighted by atomic mass is 32.1. The maximum Gasteiger partial charge on any atom is 0.252 e. The van der Waals surface area contributed by atoms with Gasteiger partial charge in [-0.25, -0.2) is 4.98 Å². The lowest BCUT2D eigenvalue weighted by Gasteiger charge is -2.32. The highest BCUT2D eigenvalue weighted by molar-refractivity contribution is 7.11. The van der Waals surface area contributed by atoms with E-state index in [0.29, 0.717) is 25.3 Å². The van der Waals surface area contributed by atoms with Crippen LogP contribution in [0.4, 0.5) is 0 Å². The average Bonchev–Trinajstić information content (AvgIpc) is 3.18. The van der Waals surface area contributed by atoms with Crippen molar-refractivity contribution in [2.45, 2.75) is 44.9 Å². The molecule has 0 radical (unpaired) electrons. The summed E-state index contributed by atoms with van der Waals surface area (Å²) in [6.45, 7) is 8.58. The zero-order chi connectivity index (χ0) is 20.3. The lowest BCUT2D eigenvalue weighted by atomic mass is 10.00. The van der Waals surface area contributed by atoms with Crippen molar-refractivity contribution in [1.29, 1.82) is 0 Å². The third-order valence-corrected chi connectivity index (χ3v) is 6.61. The minimum atomic E-state index is -0.298. The number of thiazole rings is 1. The third kappa shape index (κ3) is 5.01. The smallest absolute Gasteiger partial charge is 0.252 e. The minimum absolute atomic E-state index is 0.00607. The van der Waals surface area contributed by atoms with Crippen molar-refractivity contribution in [2.24, 2.45) is 0 Å². The van der Waals surface area contributed by atoms with Crippen LogP contribution in [0.3, 0.4) is 0 Å². The number of hydrogen-bond donors (Lipinski definition) is 1. The molecule has 2 fully saturated rings. The van der Waals surface area contributed by atoms with Crippen molar-refractivity contribution in [3.05, 3.63) is 45.7 Å². The predicted octanol–water partition coefficient (Wildman–Crippen LogP) is 2.33. The van der Waals surface area contributed by atoms with Gasteiger partial charge in [0, 0.05) is 43.4 Å². The van der Waals surface area contributed by atoms with Crippen molar-refractivity contribution >= 4 is 17.2 Å². The van der Waals surface area contributed by atoms with Crippen molar-refractivity contribution in [3.8, 4) is 0 Å². The molecule has 0 bridgehead atoms. The largest absolute Gasteiger partial charge is 0.377 e. The Morgan fingerprint density at radius 2 is 2.34 bits per heavy atom. The number of hydrogen-bond acceptors (Lipinski definition) is 7. The quantitative estimate of drug-likeness (QED) is 0.806. The van der Waals surface area contributed by atoms with Crippen LogP contribution in [0.1, 0.15) is 38.8 Å². The first kappa shape index (κ1) is 20.4. The number of carbonyl (C=O) groups excluding carboxylic acids is 1. The summed E-state index contributed by atoms with van der Waals surface area (Å²) in [5, 5.41) is 4.09. The summed E-state index contributed by atoms with van der Waals surface area (Å²) in [5.41, 5.74) is 1.39. The monoisotopic (exact) mass is 416 g/mol. The van der Waals surface area contributed by atoms with E-state index in [1.807, 2.05) is 0 Å². The van der Waals surface area contributed by atoms with Crippen LogP contribution in [0.25, 0.3) is 0 Å². The Kier molecular flexibility index (Phi) is 6.24. The Morgan fingerprint density at radius 1 is 1.45 bits per heavy atom. The van der Waals surface area contributed by atoms with E-state index in [0.717, 1.165) is 43.2 Å². The zero-order valence-electron chi connectivity index (χ0n) is 17.0. The number of aromatic nitrogens is 2. The molecule has 1 N–H and O–H groups in total. The SMILES string of the molecule is Cc1nc(C)c(CN2CCOC[C@]3(CC[C@@H](CNC(=O)c4cccnc4)O3)C2)s1. The first-order valence-electron chi connectivity index (χ1n) is 10.1. The Bertz CT molecular complexity index is 844. The Labute approximate surface area is 175 Å². The Hall–Kier alpha value is -1.87. The number of aryl methyl sites for hydroxylation is 2. The number of pyridine rings is 1. The highest BCUT2D eigenvalue weighted by Crippen LogP contribution is 2.33. The Balaban J connectivity index is 1.34. The molecular formula is C21H28N4O3S. The van der Waals surface area contributed by atoms with E-state index >= 15 is 0 Å². The molecule has 0 unspecified atom stereocenters. The van der Waals surface area contributed by atoms with Crippen LogP contribution in [0.15, 0.2) is 24.5 Å². The fraction of sp³-hybridized carbons (Fsp3) is 0.571. The fourth-order valence-corrected chi connectivity index (χ4v) is 5.09. The molecule has 2 atom stereocenters. The van der Waals surface area contributed by atoms with Gasteiger partial charge in [-0.05, 0) is 38.8 Å². The number of carbonyl (C=O) groups is 1. The topological polar surface area (TPSA) is 76.6 Å². The van der Waals surface area contributed by atoms with Crippen LogP contribution in [0, 0.1) is 13.8 Å². The molecule has 2 saturated heterocycles. The van der Waals surface area contributed by atoms with Gasteiger partial charge in [-0.2, -0.15) is 0 Å². The van der Waals surface area contributed by atoms with Crippen molar-refractivity contribution in [3.63, 3.8) is 0 Å². The first-order chi connectivity index (χ1) is 14.0. The molecule has 1 amide bonds. The maximum absolute atomic E-state index is 12.3. The molecule has 29 heavy (non-hydrogen) atoms. The first-order valence-corrected chi connectivity index (χ1v) is 10.9. The number of nitrogens with zero attached hydrogens (tertiary/aromatic N) is 3. The van der Waals surface area contributed by atoms with Gasteiger partial charge in [0.25, 0.3) is 5.91 Å². The number of ether oxygens (including phenoxy) is 2. The van der Waals surface area contributed by atoms with Crippen molar-refractivity contribution in [1.82, 2.24) is 20.2 Å². The Morgan fingerprint density at radius 3 is 3.10 bits per heavy atom. The molecule has 2 aromatic heterocycles. The molecule has 0 aromatic carbocycles. The summed E-state index contributed by atoms with van der Waals surface area (Å²) in [5.74, 6) is -0.113. The minimum Gasteiger partial charge on any atom is -0.377 e. The van der Waals surface area contributed by atoms with E-state index in [-0.39, 0.29) is 17.6 Å². The van der Waals surface area contributed by atoms with E-state index in [4.69, 9.17) is 9.47 Å². The predicted molar refractivity (Wildman–Crippen MR) is 111 cm³/mol. The summed E-state index contributed by atoms with van der Waals surface area (Å²) in [4.78, 5) is 24.6. The van der Waals surface area contributed by atoms with Gasteiger partial charge in [0.2, 0.25) is 0 Å². The second-order valence-electron chi connectivity index (χ2n) is 7.92. The lowest BCUT2D eigenvalue weighted by Crippen LogP contribution is -2.45. The molecule has 156 valence electrons. The standard InChI is InChI=1S/C21H28N4O3S/c1-15-19(29-16(2)24-15)12-25-8-9-27-14-21(13-25)6-5-18(28-21)11-23-20(26)17-4-3-7-22-10-17/h3-4,7,10,18H,5-6,8-9,11-14H2,1-2H3,(H,23,26)/t18-,21-/m0/s1. The van der Waals surface area contributed by atoms with E-state index in [1.54, 1.807) is 35.9 Å². The highest BCUT2D eigenvalue weighted by Gasteiger charge is 2.43. The molecule has 7 nitrogen and oxygen atoms in total. The van der Waals surface area contributed by atoms with Crippen molar-refractivity contribution in [2.75, 3.05) is 32.8 Å². The molecule has 2 aromatic rings. The van der Waals surface area contributed by atoms with Crippen molar-refractivity contribution < 1.29 is 14.3 Å². The zero-order valence-corrected chi connectivity index (χ0v) is 17.8. The molecule has 2 aliphatic heterocycles. The number of nitrogens with one attached hydrogen (secondary N) is 1. The molecule has 0 aliphatic carbocycles. The van der Waals surface area contributed by atoms with Crippen LogP contribution in [0.2, 0.25) is 0 Å². The molecule has 8 heteroatoms. The summed E-state index contributed by atoms with van der Waals surface area (Å²) in [6, 6.07) is 3.53. The van der Waals surface area contributed by atoms with Crippen LogP contribution >= 0.6 is 11.3 Å². The number of rotatable bonds is 5. The third-order valence-electron chi connectivity index (χ3n) is 5.55. The van der Waals surface area contributed by atoms with Gasteiger partial charge >= 0.3 is 0 Å². The molecule has 4 heterocycles. The second kappa shape index (κ2) is 8.87. The molecule has 0 saturated carbocycles. The summed E-state index contributed by atoms with van der Waals surface area (Å²) in [7, 11) is 0. The van der Waals surface area contributed by atoms with E-state index < -0.39 is 0 Å². The van der Waals surface area contributed by atoms with Crippen LogP contribution < -0.4 is 5.32 Å². The van der Waals surface area contributed by atoms with Gasteiger partial charge in [-0.1, -0.05) is 0 Å². The fourth-order valence-electron chi connectivity index (χ4n) is 4.11. The normalized spacial score (nSPS) is 25.2. The summed E-state index contributed by atoms with van der Waals surface area (Å²) in [6.07, 6.45) is 5.10. The average molecular weight is 417 g/mol. The summed E-state index contributed by atoms with van der Waals surface area (Å²) >= 11 is 1.77. The van der Waals surface area contributed by atoms with Gasteiger partial charge in [0.15, 0.2) is 0 Å². The molecule has 4 rings (SSSR count). The van der Waals surface area contributed by atoms with Gasteiger partial charge in [0.05, 0.1) is 35.6 Å². The van der Waals surface area contributed by atoms with Gasteiger partial charge in [-0.3, -0.25) is 14.7 Å². The van der Waals surface area contributed by atoms with Crippen LogP contribution in [-0.2, 0) is 16.0 Å².